The van der Waals surface area contributed by atoms with Crippen molar-refractivity contribution in [2.45, 2.75) is 25.4 Å². The van der Waals surface area contributed by atoms with E-state index in [0.29, 0.717) is 11.7 Å². The summed E-state index contributed by atoms with van der Waals surface area (Å²) in [6.45, 7) is 4.37. The van der Waals surface area contributed by atoms with Crippen LogP contribution in [0.15, 0.2) is 41.6 Å². The number of amides is 1. The fourth-order valence-corrected chi connectivity index (χ4v) is 3.80. The van der Waals surface area contributed by atoms with E-state index in [9.17, 15) is 4.79 Å². The SMILES string of the molecule is COc1ccc2nc(SCC(=O)N(CCC#N)c3cc(C)cc(C)c3)[nH]c2c1. The Hall–Kier alpha value is -2.98. The molecular formula is C21H22N4O2S. The van der Waals surface area contributed by atoms with Crippen LogP contribution in [0.5, 0.6) is 5.75 Å². The van der Waals surface area contributed by atoms with Crippen LogP contribution in [0.25, 0.3) is 11.0 Å². The first kappa shape index (κ1) is 19.8. The topological polar surface area (TPSA) is 82.0 Å². The van der Waals surface area contributed by atoms with Gasteiger partial charge in [0.2, 0.25) is 5.91 Å². The third-order valence-electron chi connectivity index (χ3n) is 4.27. The van der Waals surface area contributed by atoms with Gasteiger partial charge in [0.15, 0.2) is 5.16 Å². The van der Waals surface area contributed by atoms with Crippen molar-refractivity contribution >= 4 is 34.4 Å². The van der Waals surface area contributed by atoms with Crippen molar-refractivity contribution in [3.63, 3.8) is 0 Å². The number of aryl methyl sites for hydroxylation is 2. The van der Waals surface area contributed by atoms with E-state index in [4.69, 9.17) is 10.00 Å². The summed E-state index contributed by atoms with van der Waals surface area (Å²) in [5.41, 5.74) is 4.69. The van der Waals surface area contributed by atoms with Gasteiger partial charge in [0.1, 0.15) is 5.75 Å². The average Bonchev–Trinajstić information content (AvgIpc) is 3.08. The van der Waals surface area contributed by atoms with Crippen molar-refractivity contribution < 1.29 is 9.53 Å². The zero-order valence-electron chi connectivity index (χ0n) is 16.2. The quantitative estimate of drug-likeness (QED) is 0.607. The molecule has 0 saturated carbocycles. The highest BCUT2D eigenvalue weighted by atomic mass is 32.2. The molecule has 0 fully saturated rings. The van der Waals surface area contributed by atoms with Crippen LogP contribution in [0.3, 0.4) is 0 Å². The van der Waals surface area contributed by atoms with Crippen molar-refractivity contribution in [3.8, 4) is 11.8 Å². The summed E-state index contributed by atoms with van der Waals surface area (Å²) in [4.78, 5) is 22.3. The van der Waals surface area contributed by atoms with Crippen molar-refractivity contribution in [2.24, 2.45) is 0 Å². The maximum absolute atomic E-state index is 12.9. The number of fused-ring (bicyclic) bond motifs is 1. The molecule has 0 aliphatic carbocycles. The van der Waals surface area contributed by atoms with Crippen molar-refractivity contribution in [2.75, 3.05) is 24.3 Å². The lowest BCUT2D eigenvalue weighted by Gasteiger charge is -2.22. The first-order valence-corrected chi connectivity index (χ1v) is 9.91. The summed E-state index contributed by atoms with van der Waals surface area (Å²) >= 11 is 1.35. The molecule has 0 unspecified atom stereocenters. The van der Waals surface area contributed by atoms with E-state index in [-0.39, 0.29) is 18.1 Å². The van der Waals surface area contributed by atoms with Gasteiger partial charge in [-0.25, -0.2) is 4.98 Å². The fourth-order valence-electron chi connectivity index (χ4n) is 3.03. The number of nitrogens with zero attached hydrogens (tertiary/aromatic N) is 3. The highest BCUT2D eigenvalue weighted by Gasteiger charge is 2.17. The number of nitrogens with one attached hydrogen (secondary N) is 1. The van der Waals surface area contributed by atoms with Crippen molar-refractivity contribution in [1.82, 2.24) is 9.97 Å². The third-order valence-corrected chi connectivity index (χ3v) is 5.12. The van der Waals surface area contributed by atoms with E-state index in [1.807, 2.05) is 44.2 Å². The Morgan fingerprint density at radius 1 is 1.25 bits per heavy atom. The molecular weight excluding hydrogens is 372 g/mol. The molecule has 3 rings (SSSR count). The van der Waals surface area contributed by atoms with Crippen LogP contribution in [-0.4, -0.2) is 35.3 Å². The highest BCUT2D eigenvalue weighted by Crippen LogP contribution is 2.25. The van der Waals surface area contributed by atoms with E-state index in [0.717, 1.165) is 33.6 Å². The fraction of sp³-hybridized carbons (Fsp3) is 0.286. The maximum Gasteiger partial charge on any atom is 0.237 e. The molecule has 0 saturated heterocycles. The molecule has 0 aliphatic heterocycles. The number of aromatic amines is 1. The summed E-state index contributed by atoms with van der Waals surface area (Å²) in [5, 5.41) is 9.64. The smallest absolute Gasteiger partial charge is 0.237 e. The summed E-state index contributed by atoms with van der Waals surface area (Å²) in [6.07, 6.45) is 0.286. The summed E-state index contributed by atoms with van der Waals surface area (Å²) < 4.78 is 5.23. The van der Waals surface area contributed by atoms with Crippen LogP contribution in [0.4, 0.5) is 5.69 Å². The molecule has 2 aromatic carbocycles. The van der Waals surface area contributed by atoms with Gasteiger partial charge >= 0.3 is 0 Å². The molecule has 144 valence electrons. The Kier molecular flexibility index (Phi) is 6.22. The van der Waals surface area contributed by atoms with Gasteiger partial charge in [0.05, 0.1) is 36.4 Å². The predicted molar refractivity (Wildman–Crippen MR) is 112 cm³/mol. The van der Waals surface area contributed by atoms with Gasteiger partial charge in [-0.05, 0) is 49.2 Å². The lowest BCUT2D eigenvalue weighted by atomic mass is 10.1. The molecule has 1 N–H and O–H groups in total. The lowest BCUT2D eigenvalue weighted by molar-refractivity contribution is -0.116. The minimum Gasteiger partial charge on any atom is -0.497 e. The Morgan fingerprint density at radius 2 is 2.00 bits per heavy atom. The normalized spacial score (nSPS) is 10.6. The number of nitriles is 1. The summed E-state index contributed by atoms with van der Waals surface area (Å²) in [7, 11) is 1.62. The standard InChI is InChI=1S/C21H22N4O2S/c1-14-9-15(2)11-16(10-14)25(8-4-7-22)20(26)13-28-21-23-18-6-5-17(27-3)12-19(18)24-21/h5-6,9-12H,4,8,13H2,1-3H3,(H,23,24). The number of methoxy groups -OCH3 is 1. The van der Waals surface area contributed by atoms with Gasteiger partial charge in [-0.1, -0.05) is 17.8 Å². The Bertz CT molecular complexity index is 1020. The molecule has 28 heavy (non-hydrogen) atoms. The molecule has 1 heterocycles. The van der Waals surface area contributed by atoms with E-state index in [2.05, 4.69) is 22.1 Å². The first-order chi connectivity index (χ1) is 13.5. The molecule has 7 heteroatoms. The Labute approximate surface area is 168 Å². The molecule has 0 radical (unpaired) electrons. The van der Waals surface area contributed by atoms with Crippen LogP contribution in [0.2, 0.25) is 0 Å². The van der Waals surface area contributed by atoms with Crippen LogP contribution in [0, 0.1) is 25.2 Å². The second-order valence-electron chi connectivity index (χ2n) is 6.51. The molecule has 0 bridgehead atoms. The summed E-state index contributed by atoms with van der Waals surface area (Å²) in [6, 6.07) is 13.7. The molecule has 3 aromatic rings. The average molecular weight is 395 g/mol. The van der Waals surface area contributed by atoms with Crippen molar-refractivity contribution in [1.29, 1.82) is 5.26 Å². The number of rotatable bonds is 7. The number of benzene rings is 2. The molecule has 0 aliphatic rings. The first-order valence-electron chi connectivity index (χ1n) is 8.92. The van der Waals surface area contributed by atoms with Crippen molar-refractivity contribution in [3.05, 3.63) is 47.5 Å². The second-order valence-corrected chi connectivity index (χ2v) is 7.48. The number of anilines is 1. The zero-order chi connectivity index (χ0) is 20.1. The number of H-pyrrole nitrogens is 1. The number of aromatic nitrogens is 2. The minimum atomic E-state index is -0.0525. The zero-order valence-corrected chi connectivity index (χ0v) is 17.0. The molecule has 1 aromatic heterocycles. The van der Waals surface area contributed by atoms with Gasteiger partial charge in [-0.2, -0.15) is 5.26 Å². The summed E-state index contributed by atoms with van der Waals surface area (Å²) in [5.74, 6) is 0.930. The van der Waals surface area contributed by atoms with Crippen LogP contribution in [0.1, 0.15) is 17.5 Å². The van der Waals surface area contributed by atoms with Crippen LogP contribution in [-0.2, 0) is 4.79 Å². The lowest BCUT2D eigenvalue weighted by Crippen LogP contribution is -2.33. The Morgan fingerprint density at radius 3 is 2.68 bits per heavy atom. The largest absolute Gasteiger partial charge is 0.497 e. The van der Waals surface area contributed by atoms with Gasteiger partial charge in [0.25, 0.3) is 0 Å². The van der Waals surface area contributed by atoms with Gasteiger partial charge in [-0.3, -0.25) is 4.79 Å². The van der Waals surface area contributed by atoms with Crippen LogP contribution < -0.4 is 9.64 Å². The van der Waals surface area contributed by atoms with Crippen LogP contribution >= 0.6 is 11.8 Å². The third kappa shape index (κ3) is 4.65. The van der Waals surface area contributed by atoms with E-state index in [1.165, 1.54) is 11.8 Å². The molecule has 0 atom stereocenters. The predicted octanol–water partition coefficient (Wildman–Crippen LogP) is 4.23. The number of hydrogen-bond acceptors (Lipinski definition) is 5. The van der Waals surface area contributed by atoms with Gasteiger partial charge in [0, 0.05) is 18.3 Å². The van der Waals surface area contributed by atoms with E-state index >= 15 is 0 Å². The number of imidazole rings is 1. The van der Waals surface area contributed by atoms with E-state index < -0.39 is 0 Å². The van der Waals surface area contributed by atoms with Gasteiger partial charge < -0.3 is 14.6 Å². The number of thioether (sulfide) groups is 1. The number of carbonyl (C=O) groups excluding carboxylic acids is 1. The molecule has 1 amide bonds. The maximum atomic E-state index is 12.9. The molecule has 0 spiro atoms. The monoisotopic (exact) mass is 394 g/mol. The number of hydrogen-bond donors (Lipinski definition) is 1. The van der Waals surface area contributed by atoms with Gasteiger partial charge in [-0.15, -0.1) is 0 Å². The Balaban J connectivity index is 1.75. The highest BCUT2D eigenvalue weighted by molar-refractivity contribution is 7.99. The second kappa shape index (κ2) is 8.81. The van der Waals surface area contributed by atoms with E-state index in [1.54, 1.807) is 12.0 Å². The molecule has 6 nitrogen and oxygen atoms in total. The number of ether oxygens (including phenoxy) is 1. The number of carbonyl (C=O) groups is 1. The minimum absolute atomic E-state index is 0.0525.